The number of anilines is 1. The highest BCUT2D eigenvalue weighted by Crippen LogP contribution is 2.18. The predicted octanol–water partition coefficient (Wildman–Crippen LogP) is 3.69. The molecule has 2 N–H and O–H groups in total. The van der Waals surface area contributed by atoms with E-state index >= 15 is 0 Å². The van der Waals surface area contributed by atoms with Gasteiger partial charge in [-0.3, -0.25) is 5.43 Å². The van der Waals surface area contributed by atoms with Crippen LogP contribution in [0.5, 0.6) is 0 Å². The third-order valence-electron chi connectivity index (χ3n) is 3.34. The molecule has 1 aromatic rings. The van der Waals surface area contributed by atoms with Crippen molar-refractivity contribution in [2.75, 3.05) is 5.32 Å². The Balaban J connectivity index is 1.97. The SMILES string of the molecule is CC1=C/C(=N\NC(=S)Nc2cccc(C)c2C)CC1. The van der Waals surface area contributed by atoms with Crippen LogP contribution in [0.25, 0.3) is 0 Å². The van der Waals surface area contributed by atoms with Gasteiger partial charge in [-0.2, -0.15) is 5.10 Å². The number of rotatable bonds is 2. The maximum atomic E-state index is 5.25. The van der Waals surface area contributed by atoms with Crippen LogP contribution < -0.4 is 10.7 Å². The Morgan fingerprint density at radius 2 is 2.00 bits per heavy atom. The van der Waals surface area contributed by atoms with Gasteiger partial charge in [-0.25, -0.2) is 0 Å². The molecule has 0 unspecified atom stereocenters. The number of allylic oxidation sites excluding steroid dienone is 2. The van der Waals surface area contributed by atoms with Crippen molar-refractivity contribution < 1.29 is 0 Å². The number of hydrogen-bond acceptors (Lipinski definition) is 2. The van der Waals surface area contributed by atoms with Crippen LogP contribution in [-0.4, -0.2) is 10.8 Å². The highest BCUT2D eigenvalue weighted by Gasteiger charge is 2.07. The Hall–Kier alpha value is -1.68. The van der Waals surface area contributed by atoms with E-state index in [1.807, 2.05) is 12.1 Å². The smallest absolute Gasteiger partial charge is 0.191 e. The van der Waals surface area contributed by atoms with Crippen molar-refractivity contribution >= 4 is 28.7 Å². The molecule has 0 fully saturated rings. The zero-order chi connectivity index (χ0) is 13.8. The van der Waals surface area contributed by atoms with E-state index in [-0.39, 0.29) is 0 Å². The van der Waals surface area contributed by atoms with E-state index in [1.165, 1.54) is 16.7 Å². The summed E-state index contributed by atoms with van der Waals surface area (Å²) in [4.78, 5) is 0. The fraction of sp³-hybridized carbons (Fsp3) is 0.333. The second-order valence-corrected chi connectivity index (χ2v) is 5.32. The maximum absolute atomic E-state index is 5.25. The number of benzene rings is 1. The maximum Gasteiger partial charge on any atom is 0.191 e. The van der Waals surface area contributed by atoms with Gasteiger partial charge in [0.05, 0.1) is 5.71 Å². The van der Waals surface area contributed by atoms with Crippen LogP contribution in [0.15, 0.2) is 34.9 Å². The third-order valence-corrected chi connectivity index (χ3v) is 3.54. The highest BCUT2D eigenvalue weighted by atomic mass is 32.1. The minimum atomic E-state index is 0.527. The normalized spacial score (nSPS) is 16.4. The van der Waals surface area contributed by atoms with Crippen LogP contribution in [0.4, 0.5) is 5.69 Å². The Morgan fingerprint density at radius 3 is 2.68 bits per heavy atom. The number of nitrogens with zero attached hydrogens (tertiary/aromatic N) is 1. The van der Waals surface area contributed by atoms with Gasteiger partial charge >= 0.3 is 0 Å². The van der Waals surface area contributed by atoms with Gasteiger partial charge in [-0.15, -0.1) is 0 Å². The van der Waals surface area contributed by atoms with Crippen molar-refractivity contribution in [1.82, 2.24) is 5.43 Å². The molecule has 0 aliphatic heterocycles. The molecule has 0 aromatic heterocycles. The molecule has 100 valence electrons. The number of hydrazone groups is 1. The lowest BCUT2D eigenvalue weighted by Gasteiger charge is -2.11. The van der Waals surface area contributed by atoms with Gasteiger partial charge in [-0.1, -0.05) is 17.7 Å². The van der Waals surface area contributed by atoms with Crippen LogP contribution in [0, 0.1) is 13.8 Å². The largest absolute Gasteiger partial charge is 0.331 e. The van der Waals surface area contributed by atoms with Crippen LogP contribution in [0.1, 0.15) is 30.9 Å². The molecule has 0 saturated heterocycles. The first kappa shape index (κ1) is 13.7. The second-order valence-electron chi connectivity index (χ2n) is 4.91. The molecule has 1 aliphatic rings. The molecule has 2 rings (SSSR count). The molecule has 1 aliphatic carbocycles. The number of thiocarbonyl (C=S) groups is 1. The lowest BCUT2D eigenvalue weighted by Crippen LogP contribution is -2.25. The lowest BCUT2D eigenvalue weighted by molar-refractivity contribution is 1.00. The molecule has 1 aromatic carbocycles. The minimum Gasteiger partial charge on any atom is -0.331 e. The number of nitrogens with one attached hydrogen (secondary N) is 2. The Kier molecular flexibility index (Phi) is 4.32. The van der Waals surface area contributed by atoms with E-state index in [9.17, 15) is 0 Å². The average molecular weight is 273 g/mol. The monoisotopic (exact) mass is 273 g/mol. The summed E-state index contributed by atoms with van der Waals surface area (Å²) in [7, 11) is 0. The van der Waals surface area contributed by atoms with Gasteiger partial charge in [-0.05, 0) is 69.1 Å². The van der Waals surface area contributed by atoms with E-state index in [1.54, 1.807) is 0 Å². The summed E-state index contributed by atoms with van der Waals surface area (Å²) in [5.41, 5.74) is 8.80. The quantitative estimate of drug-likeness (QED) is 0.637. The standard InChI is InChI=1S/C15H19N3S/c1-10-7-8-13(9-10)17-18-15(19)16-14-6-4-5-11(2)12(14)3/h4-6,9H,7-8H2,1-3H3,(H2,16,18,19)/b17-13-. The van der Waals surface area contributed by atoms with Crippen LogP contribution in [0.3, 0.4) is 0 Å². The molecule has 19 heavy (non-hydrogen) atoms. The predicted molar refractivity (Wildman–Crippen MR) is 85.7 cm³/mol. The molecular formula is C15H19N3S. The number of hydrogen-bond donors (Lipinski definition) is 2. The van der Waals surface area contributed by atoms with Gasteiger partial charge in [0.25, 0.3) is 0 Å². The van der Waals surface area contributed by atoms with Gasteiger partial charge < -0.3 is 5.32 Å². The van der Waals surface area contributed by atoms with Crippen molar-refractivity contribution in [3.8, 4) is 0 Å². The summed E-state index contributed by atoms with van der Waals surface area (Å²) < 4.78 is 0. The van der Waals surface area contributed by atoms with E-state index in [4.69, 9.17) is 12.2 Å². The molecule has 0 saturated carbocycles. The molecule has 0 radical (unpaired) electrons. The van der Waals surface area contributed by atoms with Gasteiger partial charge in [0.15, 0.2) is 5.11 Å². The van der Waals surface area contributed by atoms with Crippen LogP contribution >= 0.6 is 12.2 Å². The average Bonchev–Trinajstić information content (AvgIpc) is 2.78. The Bertz CT molecular complexity index is 559. The Labute approximate surface area is 119 Å². The van der Waals surface area contributed by atoms with Crippen molar-refractivity contribution in [3.63, 3.8) is 0 Å². The lowest BCUT2D eigenvalue weighted by atomic mass is 10.1. The first-order valence-corrected chi connectivity index (χ1v) is 6.84. The molecule has 0 bridgehead atoms. The van der Waals surface area contributed by atoms with Crippen molar-refractivity contribution in [3.05, 3.63) is 41.0 Å². The zero-order valence-corrected chi connectivity index (χ0v) is 12.4. The molecule has 4 heteroatoms. The molecule has 0 heterocycles. The molecular weight excluding hydrogens is 254 g/mol. The van der Waals surface area contributed by atoms with Gasteiger partial charge in [0.1, 0.15) is 0 Å². The summed E-state index contributed by atoms with van der Waals surface area (Å²) in [5.74, 6) is 0. The van der Waals surface area contributed by atoms with Crippen LogP contribution in [-0.2, 0) is 0 Å². The topological polar surface area (TPSA) is 36.4 Å². The Morgan fingerprint density at radius 1 is 1.21 bits per heavy atom. The molecule has 3 nitrogen and oxygen atoms in total. The third kappa shape index (κ3) is 3.64. The summed E-state index contributed by atoms with van der Waals surface area (Å²) in [6, 6.07) is 6.12. The molecule has 0 atom stereocenters. The van der Waals surface area contributed by atoms with E-state index < -0.39 is 0 Å². The molecule has 0 spiro atoms. The summed E-state index contributed by atoms with van der Waals surface area (Å²) in [6.45, 7) is 6.29. The second kappa shape index (κ2) is 5.97. The summed E-state index contributed by atoms with van der Waals surface area (Å²) in [5, 5.41) is 8.01. The minimum absolute atomic E-state index is 0.527. The highest BCUT2D eigenvalue weighted by molar-refractivity contribution is 7.80. The fourth-order valence-corrected chi connectivity index (χ4v) is 2.16. The van der Waals surface area contributed by atoms with Crippen molar-refractivity contribution in [2.45, 2.75) is 33.6 Å². The van der Waals surface area contributed by atoms with Gasteiger partial charge in [0, 0.05) is 5.69 Å². The van der Waals surface area contributed by atoms with Crippen molar-refractivity contribution in [1.29, 1.82) is 0 Å². The van der Waals surface area contributed by atoms with Crippen molar-refractivity contribution in [2.24, 2.45) is 5.10 Å². The van der Waals surface area contributed by atoms with Gasteiger partial charge in [0.2, 0.25) is 0 Å². The zero-order valence-electron chi connectivity index (χ0n) is 11.6. The fourth-order valence-electron chi connectivity index (χ4n) is 2.00. The first-order chi connectivity index (χ1) is 9.06. The summed E-state index contributed by atoms with van der Waals surface area (Å²) >= 11 is 5.25. The molecule has 0 amide bonds. The van der Waals surface area contributed by atoms with Crippen LogP contribution in [0.2, 0.25) is 0 Å². The van der Waals surface area contributed by atoms with E-state index in [0.29, 0.717) is 5.11 Å². The first-order valence-electron chi connectivity index (χ1n) is 6.43. The summed E-state index contributed by atoms with van der Waals surface area (Å²) in [6.07, 6.45) is 4.19. The van der Waals surface area contributed by atoms with E-state index in [2.05, 4.69) is 48.8 Å². The number of aryl methyl sites for hydroxylation is 1. The van der Waals surface area contributed by atoms with E-state index in [0.717, 1.165) is 24.2 Å².